The number of nitrogens with one attached hydrogen (secondary N) is 1. The lowest BCUT2D eigenvalue weighted by atomic mass is 10.1. The van der Waals surface area contributed by atoms with Crippen LogP contribution in [0, 0.1) is 5.92 Å². The number of carbonyl (C=O) groups excluding carboxylic acids is 1. The SMILES string of the molecule is NC(=O)c1cccc(NCC2CCC(F)(F)C2)c1. The first-order valence-corrected chi connectivity index (χ1v) is 5.98. The van der Waals surface area contributed by atoms with E-state index in [4.69, 9.17) is 5.73 Å². The van der Waals surface area contributed by atoms with Gasteiger partial charge in [-0.15, -0.1) is 0 Å². The Kier molecular flexibility index (Phi) is 3.50. The second-order valence-corrected chi connectivity index (χ2v) is 4.79. The molecule has 2 rings (SSSR count). The van der Waals surface area contributed by atoms with E-state index in [1.54, 1.807) is 24.3 Å². The summed E-state index contributed by atoms with van der Waals surface area (Å²) in [7, 11) is 0. The van der Waals surface area contributed by atoms with Gasteiger partial charge >= 0.3 is 0 Å². The van der Waals surface area contributed by atoms with Crippen molar-refractivity contribution in [1.82, 2.24) is 0 Å². The van der Waals surface area contributed by atoms with Gasteiger partial charge in [-0.05, 0) is 30.5 Å². The normalized spacial score (nSPS) is 21.8. The number of anilines is 1. The molecule has 5 heteroatoms. The third-order valence-corrected chi connectivity index (χ3v) is 3.25. The zero-order valence-electron chi connectivity index (χ0n) is 9.96. The highest BCUT2D eigenvalue weighted by Crippen LogP contribution is 2.38. The Morgan fingerprint density at radius 1 is 1.50 bits per heavy atom. The van der Waals surface area contributed by atoms with E-state index in [1.807, 2.05) is 0 Å². The summed E-state index contributed by atoms with van der Waals surface area (Å²) >= 11 is 0. The zero-order valence-corrected chi connectivity index (χ0v) is 9.96. The molecule has 1 unspecified atom stereocenters. The van der Waals surface area contributed by atoms with E-state index in [1.165, 1.54) is 0 Å². The second-order valence-electron chi connectivity index (χ2n) is 4.79. The van der Waals surface area contributed by atoms with Crippen LogP contribution in [0.3, 0.4) is 0 Å². The number of carbonyl (C=O) groups is 1. The summed E-state index contributed by atoms with van der Waals surface area (Å²) in [5.74, 6) is -3.02. The molecule has 1 fully saturated rings. The molecule has 0 aromatic heterocycles. The average Bonchev–Trinajstić information content (AvgIpc) is 2.67. The lowest BCUT2D eigenvalue weighted by Crippen LogP contribution is -2.16. The molecule has 1 aromatic rings. The van der Waals surface area contributed by atoms with Gasteiger partial charge in [-0.25, -0.2) is 8.78 Å². The van der Waals surface area contributed by atoms with E-state index in [9.17, 15) is 13.6 Å². The van der Waals surface area contributed by atoms with Gasteiger partial charge in [-0.3, -0.25) is 4.79 Å². The molecule has 1 atom stereocenters. The highest BCUT2D eigenvalue weighted by molar-refractivity contribution is 5.93. The molecular formula is C13H16F2N2O. The molecule has 1 aliphatic rings. The van der Waals surface area contributed by atoms with Crippen molar-refractivity contribution in [3.63, 3.8) is 0 Å². The van der Waals surface area contributed by atoms with E-state index in [-0.39, 0.29) is 18.8 Å². The standard InChI is InChI=1S/C13H16F2N2O/c14-13(15)5-4-9(7-13)8-17-11-3-1-2-10(6-11)12(16)18/h1-3,6,9,17H,4-5,7-8H2,(H2,16,18). The lowest BCUT2D eigenvalue weighted by molar-refractivity contribution is 0.00556. The van der Waals surface area contributed by atoms with Crippen molar-refractivity contribution in [3.8, 4) is 0 Å². The summed E-state index contributed by atoms with van der Waals surface area (Å²) in [6.07, 6.45) is 0.450. The van der Waals surface area contributed by atoms with Gasteiger partial charge in [0.1, 0.15) is 0 Å². The molecular weight excluding hydrogens is 238 g/mol. The number of alkyl halides is 2. The molecule has 18 heavy (non-hydrogen) atoms. The summed E-state index contributed by atoms with van der Waals surface area (Å²) in [5, 5.41) is 3.08. The number of hydrogen-bond acceptors (Lipinski definition) is 2. The topological polar surface area (TPSA) is 55.1 Å². The Balaban J connectivity index is 1.91. The summed E-state index contributed by atoms with van der Waals surface area (Å²) < 4.78 is 26.0. The predicted molar refractivity (Wildman–Crippen MR) is 65.7 cm³/mol. The van der Waals surface area contributed by atoms with Gasteiger partial charge in [0.05, 0.1) is 0 Å². The number of rotatable bonds is 4. The number of amides is 1. The van der Waals surface area contributed by atoms with E-state index >= 15 is 0 Å². The Morgan fingerprint density at radius 2 is 2.28 bits per heavy atom. The van der Waals surface area contributed by atoms with Crippen molar-refractivity contribution < 1.29 is 13.6 Å². The van der Waals surface area contributed by atoms with Gasteiger partial charge in [-0.2, -0.15) is 0 Å². The minimum Gasteiger partial charge on any atom is -0.385 e. The molecule has 1 saturated carbocycles. The van der Waals surface area contributed by atoms with Crippen molar-refractivity contribution in [1.29, 1.82) is 0 Å². The second kappa shape index (κ2) is 4.92. The average molecular weight is 254 g/mol. The van der Waals surface area contributed by atoms with Crippen molar-refractivity contribution >= 4 is 11.6 Å². The monoisotopic (exact) mass is 254 g/mol. The molecule has 3 N–H and O–H groups in total. The van der Waals surface area contributed by atoms with Crippen LogP contribution in [0.15, 0.2) is 24.3 Å². The molecule has 0 radical (unpaired) electrons. The molecule has 3 nitrogen and oxygen atoms in total. The van der Waals surface area contributed by atoms with Crippen LogP contribution in [0.1, 0.15) is 29.6 Å². The van der Waals surface area contributed by atoms with Crippen LogP contribution in [0.4, 0.5) is 14.5 Å². The summed E-state index contributed by atoms with van der Waals surface area (Å²) in [6.45, 7) is 0.498. The molecule has 0 spiro atoms. The minimum atomic E-state index is -2.51. The Morgan fingerprint density at radius 3 is 2.89 bits per heavy atom. The molecule has 1 aromatic carbocycles. The molecule has 0 heterocycles. The quantitative estimate of drug-likeness (QED) is 0.867. The zero-order chi connectivity index (χ0) is 13.2. The number of nitrogens with two attached hydrogens (primary N) is 1. The number of primary amides is 1. The molecule has 1 amide bonds. The summed E-state index contributed by atoms with van der Waals surface area (Å²) in [6, 6.07) is 6.76. The fraction of sp³-hybridized carbons (Fsp3) is 0.462. The molecule has 1 aliphatic carbocycles. The van der Waals surface area contributed by atoms with E-state index in [0.29, 0.717) is 18.5 Å². The van der Waals surface area contributed by atoms with Crippen molar-refractivity contribution in [2.45, 2.75) is 25.2 Å². The third-order valence-electron chi connectivity index (χ3n) is 3.25. The van der Waals surface area contributed by atoms with E-state index in [0.717, 1.165) is 5.69 Å². The largest absolute Gasteiger partial charge is 0.385 e. The van der Waals surface area contributed by atoms with Gasteiger partial charge in [0, 0.05) is 30.6 Å². The summed E-state index contributed by atoms with van der Waals surface area (Å²) in [5.41, 5.74) is 6.32. The number of benzene rings is 1. The lowest BCUT2D eigenvalue weighted by Gasteiger charge is -2.13. The fourth-order valence-electron chi connectivity index (χ4n) is 2.26. The number of hydrogen-bond donors (Lipinski definition) is 2. The van der Waals surface area contributed by atoms with Gasteiger partial charge in [-0.1, -0.05) is 6.07 Å². The van der Waals surface area contributed by atoms with Crippen LogP contribution >= 0.6 is 0 Å². The molecule has 0 saturated heterocycles. The van der Waals surface area contributed by atoms with Gasteiger partial charge < -0.3 is 11.1 Å². The minimum absolute atomic E-state index is 0.0164. The van der Waals surface area contributed by atoms with Gasteiger partial charge in [0.15, 0.2) is 0 Å². The first-order chi connectivity index (χ1) is 8.46. The van der Waals surface area contributed by atoms with E-state index < -0.39 is 11.8 Å². The number of halogens is 2. The maximum absolute atomic E-state index is 13.0. The third kappa shape index (κ3) is 3.18. The fourth-order valence-corrected chi connectivity index (χ4v) is 2.26. The van der Waals surface area contributed by atoms with Crippen LogP contribution in [-0.4, -0.2) is 18.4 Å². The Hall–Kier alpha value is -1.65. The van der Waals surface area contributed by atoms with Gasteiger partial charge in [0.25, 0.3) is 0 Å². The Labute approximate surface area is 104 Å². The van der Waals surface area contributed by atoms with Crippen LogP contribution < -0.4 is 11.1 Å². The molecule has 0 aliphatic heterocycles. The smallest absolute Gasteiger partial charge is 0.248 e. The highest BCUT2D eigenvalue weighted by atomic mass is 19.3. The highest BCUT2D eigenvalue weighted by Gasteiger charge is 2.38. The molecule has 98 valence electrons. The van der Waals surface area contributed by atoms with Gasteiger partial charge in [0.2, 0.25) is 11.8 Å². The van der Waals surface area contributed by atoms with Crippen molar-refractivity contribution in [3.05, 3.63) is 29.8 Å². The predicted octanol–water partition coefficient (Wildman–Crippen LogP) is 2.63. The van der Waals surface area contributed by atoms with Crippen LogP contribution in [-0.2, 0) is 0 Å². The van der Waals surface area contributed by atoms with Crippen LogP contribution in [0.25, 0.3) is 0 Å². The first-order valence-electron chi connectivity index (χ1n) is 5.98. The van der Waals surface area contributed by atoms with Crippen LogP contribution in [0.5, 0.6) is 0 Å². The van der Waals surface area contributed by atoms with Crippen molar-refractivity contribution in [2.24, 2.45) is 11.7 Å². The first kappa shape index (κ1) is 12.8. The maximum atomic E-state index is 13.0. The summed E-state index contributed by atoms with van der Waals surface area (Å²) in [4.78, 5) is 11.0. The molecule has 0 bridgehead atoms. The van der Waals surface area contributed by atoms with Crippen LogP contribution in [0.2, 0.25) is 0 Å². The maximum Gasteiger partial charge on any atom is 0.248 e. The Bertz CT molecular complexity index is 448. The van der Waals surface area contributed by atoms with E-state index in [2.05, 4.69) is 5.32 Å². The van der Waals surface area contributed by atoms with Crippen molar-refractivity contribution in [2.75, 3.05) is 11.9 Å².